The molecule has 22 heavy (non-hydrogen) atoms. The van der Waals surface area contributed by atoms with Crippen LogP contribution in [-0.4, -0.2) is 51.6 Å². The lowest BCUT2D eigenvalue weighted by Gasteiger charge is -2.19. The molecule has 0 aromatic heterocycles. The molecule has 4 nitrogen and oxygen atoms in total. The van der Waals surface area contributed by atoms with Crippen molar-refractivity contribution in [3.8, 4) is 0 Å². The van der Waals surface area contributed by atoms with Gasteiger partial charge in [-0.2, -0.15) is 0 Å². The fourth-order valence-electron chi connectivity index (χ4n) is 2.61. The molecule has 2 rings (SSSR count). The molecule has 0 bridgehead atoms. The second-order valence-electron chi connectivity index (χ2n) is 6.30. The molecule has 122 valence electrons. The highest BCUT2D eigenvalue weighted by Crippen LogP contribution is 2.48. The molecule has 0 radical (unpaired) electrons. The van der Waals surface area contributed by atoms with E-state index in [-0.39, 0.29) is 5.41 Å². The minimum absolute atomic E-state index is 0.228. The van der Waals surface area contributed by atoms with Crippen molar-refractivity contribution < 1.29 is 0 Å². The van der Waals surface area contributed by atoms with Crippen LogP contribution >= 0.6 is 11.6 Å². The first kappa shape index (κ1) is 17.1. The van der Waals surface area contributed by atoms with Crippen LogP contribution in [0.4, 0.5) is 0 Å². The Kier molecular flexibility index (Phi) is 6.09. The summed E-state index contributed by atoms with van der Waals surface area (Å²) in [6, 6.07) is 8.23. The summed E-state index contributed by atoms with van der Waals surface area (Å²) in [7, 11) is 6.00. The third-order valence-electron chi connectivity index (χ3n) is 4.18. The van der Waals surface area contributed by atoms with Crippen molar-refractivity contribution in [2.45, 2.75) is 24.7 Å². The van der Waals surface area contributed by atoms with Crippen LogP contribution in [0.5, 0.6) is 0 Å². The van der Waals surface area contributed by atoms with Gasteiger partial charge in [0.1, 0.15) is 0 Å². The van der Waals surface area contributed by atoms with Gasteiger partial charge in [0, 0.05) is 30.6 Å². The summed E-state index contributed by atoms with van der Waals surface area (Å²) in [4.78, 5) is 6.49. The number of nitrogens with zero attached hydrogens (tertiary/aromatic N) is 2. The lowest BCUT2D eigenvalue weighted by atomic mass is 9.96. The maximum Gasteiger partial charge on any atom is 0.191 e. The van der Waals surface area contributed by atoms with Crippen molar-refractivity contribution in [1.82, 2.24) is 15.5 Å². The van der Waals surface area contributed by atoms with E-state index < -0.39 is 0 Å². The van der Waals surface area contributed by atoms with Gasteiger partial charge in [-0.1, -0.05) is 23.7 Å². The second-order valence-corrected chi connectivity index (χ2v) is 6.74. The SMILES string of the molecule is CN=C(NCCCN(C)C)NCC1(c2cccc(Cl)c2)CC1. The van der Waals surface area contributed by atoms with Crippen LogP contribution in [0.3, 0.4) is 0 Å². The Morgan fingerprint density at radius 2 is 2.09 bits per heavy atom. The molecule has 1 aliphatic rings. The Morgan fingerprint density at radius 3 is 2.68 bits per heavy atom. The Hall–Kier alpha value is -1.26. The number of guanidine groups is 1. The minimum atomic E-state index is 0.228. The zero-order valence-electron chi connectivity index (χ0n) is 13.8. The number of rotatable bonds is 7. The van der Waals surface area contributed by atoms with Crippen LogP contribution in [0.2, 0.25) is 5.02 Å². The summed E-state index contributed by atoms with van der Waals surface area (Å²) >= 11 is 6.12. The van der Waals surface area contributed by atoms with E-state index in [0.717, 1.165) is 37.0 Å². The molecule has 1 aliphatic carbocycles. The maximum atomic E-state index is 6.12. The molecule has 2 N–H and O–H groups in total. The van der Waals surface area contributed by atoms with E-state index in [2.05, 4.69) is 46.8 Å². The van der Waals surface area contributed by atoms with Gasteiger partial charge in [0.2, 0.25) is 0 Å². The third kappa shape index (κ3) is 4.89. The van der Waals surface area contributed by atoms with Crippen molar-refractivity contribution >= 4 is 17.6 Å². The maximum absolute atomic E-state index is 6.12. The van der Waals surface area contributed by atoms with Gasteiger partial charge < -0.3 is 15.5 Å². The van der Waals surface area contributed by atoms with Crippen molar-refractivity contribution in [2.24, 2.45) is 4.99 Å². The van der Waals surface area contributed by atoms with E-state index >= 15 is 0 Å². The average molecular weight is 323 g/mol. The Morgan fingerprint density at radius 1 is 1.32 bits per heavy atom. The molecule has 0 aliphatic heterocycles. The van der Waals surface area contributed by atoms with Crippen molar-refractivity contribution in [3.63, 3.8) is 0 Å². The molecule has 0 spiro atoms. The molecule has 0 saturated heterocycles. The quantitative estimate of drug-likeness (QED) is 0.460. The molecule has 5 heteroatoms. The van der Waals surface area contributed by atoms with Gasteiger partial charge >= 0.3 is 0 Å². The molecular formula is C17H27ClN4. The first-order chi connectivity index (χ1) is 10.6. The van der Waals surface area contributed by atoms with Gasteiger partial charge in [-0.25, -0.2) is 0 Å². The van der Waals surface area contributed by atoms with E-state index in [9.17, 15) is 0 Å². The summed E-state index contributed by atoms with van der Waals surface area (Å²) in [6.07, 6.45) is 3.52. The Balaban J connectivity index is 1.81. The Bertz CT molecular complexity index is 509. The molecule has 0 amide bonds. The fourth-order valence-corrected chi connectivity index (χ4v) is 2.80. The normalized spacial score (nSPS) is 16.7. The highest BCUT2D eigenvalue weighted by Gasteiger charge is 2.44. The van der Waals surface area contributed by atoms with E-state index in [1.165, 1.54) is 18.4 Å². The van der Waals surface area contributed by atoms with Crippen LogP contribution in [-0.2, 0) is 5.41 Å². The second kappa shape index (κ2) is 7.84. The van der Waals surface area contributed by atoms with Crippen molar-refractivity contribution in [3.05, 3.63) is 34.9 Å². The molecule has 1 aromatic rings. The number of hydrogen-bond acceptors (Lipinski definition) is 2. The fraction of sp³-hybridized carbons (Fsp3) is 0.588. The molecule has 1 saturated carbocycles. The summed E-state index contributed by atoms with van der Waals surface area (Å²) in [6.45, 7) is 2.92. The Labute approximate surface area is 138 Å². The highest BCUT2D eigenvalue weighted by molar-refractivity contribution is 6.30. The molecule has 1 aromatic carbocycles. The number of benzene rings is 1. The summed E-state index contributed by atoms with van der Waals surface area (Å²) in [5.74, 6) is 0.882. The monoisotopic (exact) mass is 322 g/mol. The summed E-state index contributed by atoms with van der Waals surface area (Å²) in [5, 5.41) is 7.65. The largest absolute Gasteiger partial charge is 0.356 e. The van der Waals surface area contributed by atoms with Crippen LogP contribution < -0.4 is 10.6 Å². The lowest BCUT2D eigenvalue weighted by Crippen LogP contribution is -2.42. The van der Waals surface area contributed by atoms with Gasteiger partial charge in [-0.3, -0.25) is 4.99 Å². The van der Waals surface area contributed by atoms with Gasteiger partial charge in [0.15, 0.2) is 5.96 Å². The molecule has 0 atom stereocenters. The van der Waals surface area contributed by atoms with E-state index in [0.29, 0.717) is 0 Å². The third-order valence-corrected chi connectivity index (χ3v) is 4.42. The first-order valence-corrected chi connectivity index (χ1v) is 8.29. The van der Waals surface area contributed by atoms with Gasteiger partial charge in [-0.05, 0) is 57.6 Å². The zero-order chi connectivity index (χ0) is 16.0. The summed E-state index contributed by atoms with van der Waals surface area (Å²) in [5.41, 5.74) is 1.56. The number of halogens is 1. The zero-order valence-corrected chi connectivity index (χ0v) is 14.6. The predicted molar refractivity (Wildman–Crippen MR) is 94.9 cm³/mol. The van der Waals surface area contributed by atoms with Crippen molar-refractivity contribution in [2.75, 3.05) is 40.8 Å². The van der Waals surface area contributed by atoms with Crippen molar-refractivity contribution in [1.29, 1.82) is 0 Å². The molecule has 0 heterocycles. The molecule has 0 unspecified atom stereocenters. The molecular weight excluding hydrogens is 296 g/mol. The van der Waals surface area contributed by atoms with Crippen LogP contribution in [0.25, 0.3) is 0 Å². The number of nitrogens with one attached hydrogen (secondary N) is 2. The van der Waals surface area contributed by atoms with E-state index in [1.54, 1.807) is 0 Å². The van der Waals surface area contributed by atoms with Gasteiger partial charge in [0.05, 0.1) is 0 Å². The smallest absolute Gasteiger partial charge is 0.191 e. The van der Waals surface area contributed by atoms with Gasteiger partial charge in [0.25, 0.3) is 0 Å². The molecule has 1 fully saturated rings. The van der Waals surface area contributed by atoms with Gasteiger partial charge in [-0.15, -0.1) is 0 Å². The van der Waals surface area contributed by atoms with E-state index in [4.69, 9.17) is 11.6 Å². The van der Waals surface area contributed by atoms with E-state index in [1.807, 2.05) is 19.2 Å². The minimum Gasteiger partial charge on any atom is -0.356 e. The number of aliphatic imine (C=N–C) groups is 1. The van der Waals surface area contributed by atoms with Crippen LogP contribution in [0, 0.1) is 0 Å². The lowest BCUT2D eigenvalue weighted by molar-refractivity contribution is 0.399. The number of hydrogen-bond donors (Lipinski definition) is 2. The first-order valence-electron chi connectivity index (χ1n) is 7.91. The highest BCUT2D eigenvalue weighted by atomic mass is 35.5. The summed E-state index contributed by atoms with van der Waals surface area (Å²) < 4.78 is 0. The van der Waals surface area contributed by atoms with Crippen LogP contribution in [0.15, 0.2) is 29.3 Å². The topological polar surface area (TPSA) is 39.7 Å². The predicted octanol–water partition coefficient (Wildman–Crippen LogP) is 2.49. The standard InChI is InChI=1S/C17H27ClN4/c1-19-16(20-10-5-11-22(2)3)21-13-17(8-9-17)14-6-4-7-15(18)12-14/h4,6-7,12H,5,8-11,13H2,1-3H3,(H2,19,20,21). The van der Waals surface area contributed by atoms with Crippen LogP contribution in [0.1, 0.15) is 24.8 Å². The average Bonchev–Trinajstić information content (AvgIpc) is 3.27.